The van der Waals surface area contributed by atoms with E-state index in [0.717, 1.165) is 28.2 Å². The standard InChI is InChI=1S/C19H18FN5OS/c1-10-8-11(2)22-19(21-10)25-18-16(12(3)24-25)17(27-9-15(26)23-18)13-4-6-14(20)7-5-13/h4-8,17H,9H2,1-3H3,(H,23,26)/t17-/m0/s1. The summed E-state index contributed by atoms with van der Waals surface area (Å²) in [5, 5.41) is 7.41. The Balaban J connectivity index is 1.90. The summed E-state index contributed by atoms with van der Waals surface area (Å²) in [7, 11) is 0. The molecular formula is C19H18FN5OS. The van der Waals surface area contributed by atoms with Crippen LogP contribution in [0, 0.1) is 26.6 Å². The number of aryl methyl sites for hydroxylation is 3. The van der Waals surface area contributed by atoms with E-state index in [2.05, 4.69) is 20.4 Å². The molecule has 2 aromatic heterocycles. The van der Waals surface area contributed by atoms with Crippen molar-refractivity contribution in [3.05, 3.63) is 64.4 Å². The van der Waals surface area contributed by atoms with Gasteiger partial charge in [0.1, 0.15) is 11.6 Å². The predicted octanol–water partition coefficient (Wildman–Crippen LogP) is 3.50. The van der Waals surface area contributed by atoms with Crippen molar-refractivity contribution in [3.8, 4) is 5.95 Å². The third-order valence-corrected chi connectivity index (χ3v) is 5.61. The first-order valence-electron chi connectivity index (χ1n) is 8.51. The molecule has 8 heteroatoms. The van der Waals surface area contributed by atoms with Crippen molar-refractivity contribution in [2.75, 3.05) is 11.1 Å². The first-order valence-corrected chi connectivity index (χ1v) is 9.56. The Morgan fingerprint density at radius 1 is 1.15 bits per heavy atom. The van der Waals surface area contributed by atoms with Gasteiger partial charge in [-0.15, -0.1) is 11.8 Å². The second-order valence-corrected chi connectivity index (χ2v) is 7.59. The van der Waals surface area contributed by atoms with Crippen LogP contribution in [0.1, 0.15) is 33.5 Å². The summed E-state index contributed by atoms with van der Waals surface area (Å²) >= 11 is 1.49. The third-order valence-electron chi connectivity index (χ3n) is 4.34. The molecule has 4 rings (SSSR count). The highest BCUT2D eigenvalue weighted by atomic mass is 32.2. The number of hydrogen-bond donors (Lipinski definition) is 1. The van der Waals surface area contributed by atoms with Crippen molar-refractivity contribution in [1.29, 1.82) is 0 Å². The van der Waals surface area contributed by atoms with Crippen molar-refractivity contribution < 1.29 is 9.18 Å². The van der Waals surface area contributed by atoms with E-state index in [1.54, 1.807) is 16.8 Å². The molecule has 0 radical (unpaired) electrons. The number of thioether (sulfide) groups is 1. The molecule has 1 aliphatic rings. The number of halogens is 1. The maximum Gasteiger partial charge on any atom is 0.252 e. The summed E-state index contributed by atoms with van der Waals surface area (Å²) in [6.07, 6.45) is 0. The number of aromatic nitrogens is 4. The summed E-state index contributed by atoms with van der Waals surface area (Å²) in [5.41, 5.74) is 4.23. The number of anilines is 1. The Kier molecular flexibility index (Phi) is 4.43. The highest BCUT2D eigenvalue weighted by Gasteiger charge is 2.31. The molecule has 1 N–H and O–H groups in total. The smallest absolute Gasteiger partial charge is 0.252 e. The number of amides is 1. The van der Waals surface area contributed by atoms with Crippen molar-refractivity contribution in [3.63, 3.8) is 0 Å². The first-order chi connectivity index (χ1) is 12.9. The van der Waals surface area contributed by atoms with Gasteiger partial charge in [-0.3, -0.25) is 4.79 Å². The Bertz CT molecular complexity index is 1010. The van der Waals surface area contributed by atoms with Crippen LogP contribution in [0.5, 0.6) is 0 Å². The molecule has 0 bridgehead atoms. The number of nitrogens with one attached hydrogen (secondary N) is 1. The van der Waals surface area contributed by atoms with Gasteiger partial charge >= 0.3 is 0 Å². The number of fused-ring (bicyclic) bond motifs is 1. The van der Waals surface area contributed by atoms with E-state index in [9.17, 15) is 9.18 Å². The van der Waals surface area contributed by atoms with Gasteiger partial charge in [-0.05, 0) is 44.5 Å². The minimum Gasteiger partial charge on any atom is -0.309 e. The van der Waals surface area contributed by atoms with Crippen LogP contribution in [-0.2, 0) is 4.79 Å². The van der Waals surface area contributed by atoms with E-state index >= 15 is 0 Å². The molecule has 138 valence electrons. The largest absolute Gasteiger partial charge is 0.309 e. The second-order valence-electron chi connectivity index (χ2n) is 6.50. The van der Waals surface area contributed by atoms with E-state index in [1.165, 1.54) is 23.9 Å². The molecule has 1 aromatic carbocycles. The lowest BCUT2D eigenvalue weighted by Crippen LogP contribution is -2.17. The zero-order valence-electron chi connectivity index (χ0n) is 15.2. The summed E-state index contributed by atoms with van der Waals surface area (Å²) in [6, 6.07) is 8.24. The molecule has 27 heavy (non-hydrogen) atoms. The Labute approximate surface area is 160 Å². The lowest BCUT2D eigenvalue weighted by Gasteiger charge is -2.15. The monoisotopic (exact) mass is 383 g/mol. The van der Waals surface area contributed by atoms with Crippen LogP contribution in [0.3, 0.4) is 0 Å². The zero-order chi connectivity index (χ0) is 19.1. The highest BCUT2D eigenvalue weighted by molar-refractivity contribution is 8.00. The van der Waals surface area contributed by atoms with E-state index in [1.807, 2.05) is 26.8 Å². The lowest BCUT2D eigenvalue weighted by atomic mass is 10.0. The normalized spacial score (nSPS) is 16.6. The zero-order valence-corrected chi connectivity index (χ0v) is 16.0. The highest BCUT2D eigenvalue weighted by Crippen LogP contribution is 2.43. The van der Waals surface area contributed by atoms with Gasteiger partial charge in [-0.2, -0.15) is 9.78 Å². The van der Waals surface area contributed by atoms with Crippen LogP contribution < -0.4 is 5.32 Å². The molecule has 0 unspecified atom stereocenters. The Morgan fingerprint density at radius 3 is 2.48 bits per heavy atom. The molecule has 0 saturated heterocycles. The van der Waals surface area contributed by atoms with Crippen molar-refractivity contribution in [2.24, 2.45) is 0 Å². The van der Waals surface area contributed by atoms with Crippen LogP contribution in [-0.4, -0.2) is 31.4 Å². The molecule has 0 aliphatic carbocycles. The quantitative estimate of drug-likeness (QED) is 0.733. The molecule has 6 nitrogen and oxygen atoms in total. The summed E-state index contributed by atoms with van der Waals surface area (Å²) in [6.45, 7) is 5.68. The van der Waals surface area contributed by atoms with Gasteiger partial charge in [0, 0.05) is 17.0 Å². The second kappa shape index (κ2) is 6.77. The van der Waals surface area contributed by atoms with E-state index in [0.29, 0.717) is 17.5 Å². The lowest BCUT2D eigenvalue weighted by molar-refractivity contribution is -0.113. The van der Waals surface area contributed by atoms with E-state index < -0.39 is 0 Å². The number of rotatable bonds is 2. The van der Waals surface area contributed by atoms with Crippen molar-refractivity contribution >= 4 is 23.5 Å². The van der Waals surface area contributed by atoms with Crippen LogP contribution >= 0.6 is 11.8 Å². The minimum absolute atomic E-state index is 0.114. The van der Waals surface area contributed by atoms with Crippen LogP contribution in [0.25, 0.3) is 5.95 Å². The van der Waals surface area contributed by atoms with Gasteiger partial charge in [0.25, 0.3) is 5.95 Å². The molecule has 1 amide bonds. The summed E-state index contributed by atoms with van der Waals surface area (Å²) < 4.78 is 15.0. The Hall–Kier alpha value is -2.74. The topological polar surface area (TPSA) is 72.7 Å². The Morgan fingerprint density at radius 2 is 1.81 bits per heavy atom. The van der Waals surface area contributed by atoms with Crippen LogP contribution in [0.4, 0.5) is 10.2 Å². The van der Waals surface area contributed by atoms with E-state index in [4.69, 9.17) is 0 Å². The van der Waals surface area contributed by atoms with Gasteiger partial charge in [0.2, 0.25) is 5.91 Å². The van der Waals surface area contributed by atoms with E-state index in [-0.39, 0.29) is 17.0 Å². The fourth-order valence-corrected chi connectivity index (χ4v) is 4.42. The molecule has 1 atom stereocenters. The van der Waals surface area contributed by atoms with Gasteiger partial charge in [-0.1, -0.05) is 12.1 Å². The van der Waals surface area contributed by atoms with Crippen molar-refractivity contribution in [1.82, 2.24) is 19.7 Å². The van der Waals surface area contributed by atoms with Crippen molar-refractivity contribution in [2.45, 2.75) is 26.0 Å². The van der Waals surface area contributed by atoms with Gasteiger partial charge in [0.05, 0.1) is 16.7 Å². The van der Waals surface area contributed by atoms with Crippen LogP contribution in [0.2, 0.25) is 0 Å². The van der Waals surface area contributed by atoms with Gasteiger partial charge < -0.3 is 5.32 Å². The maximum atomic E-state index is 13.4. The fraction of sp³-hybridized carbons (Fsp3) is 0.263. The number of hydrogen-bond acceptors (Lipinski definition) is 5. The molecule has 3 aromatic rings. The summed E-state index contributed by atoms with van der Waals surface area (Å²) in [5.74, 6) is 0.882. The number of nitrogens with zero attached hydrogens (tertiary/aromatic N) is 4. The minimum atomic E-state index is -0.289. The van der Waals surface area contributed by atoms with Gasteiger partial charge in [0.15, 0.2) is 0 Å². The van der Waals surface area contributed by atoms with Gasteiger partial charge in [-0.25, -0.2) is 14.4 Å². The third kappa shape index (κ3) is 3.32. The maximum absolute atomic E-state index is 13.4. The average Bonchev–Trinajstić information content (AvgIpc) is 2.81. The number of carbonyl (C=O) groups is 1. The molecular weight excluding hydrogens is 365 g/mol. The molecule has 0 saturated carbocycles. The number of benzene rings is 1. The molecule has 3 heterocycles. The first kappa shape index (κ1) is 17.7. The SMILES string of the molecule is Cc1cc(C)nc(-n2nc(C)c3c2NC(=O)CS[C@H]3c2ccc(F)cc2)n1. The van der Waals surface area contributed by atoms with Crippen LogP contribution in [0.15, 0.2) is 30.3 Å². The molecule has 0 spiro atoms. The molecule has 0 fully saturated rings. The molecule has 1 aliphatic heterocycles. The summed E-state index contributed by atoms with van der Waals surface area (Å²) in [4.78, 5) is 21.3. The fourth-order valence-electron chi connectivity index (χ4n) is 3.23. The average molecular weight is 383 g/mol. The number of carbonyl (C=O) groups excluding carboxylic acids is 1. The predicted molar refractivity (Wildman–Crippen MR) is 103 cm³/mol.